The summed E-state index contributed by atoms with van der Waals surface area (Å²) < 4.78 is 0. The first-order valence-electron chi connectivity index (χ1n) is 12.9. The molecule has 6 heteroatoms. The molecule has 4 rings (SSSR count). The molecular formula is C29H39N3O2S. The van der Waals surface area contributed by atoms with Crippen molar-refractivity contribution in [2.75, 3.05) is 13.1 Å². The van der Waals surface area contributed by atoms with Crippen LogP contribution in [0.3, 0.4) is 0 Å². The average molecular weight is 494 g/mol. The summed E-state index contributed by atoms with van der Waals surface area (Å²) >= 11 is 1.32. The molecule has 1 saturated carbocycles. The van der Waals surface area contributed by atoms with Crippen molar-refractivity contribution >= 4 is 22.9 Å². The van der Waals surface area contributed by atoms with Gasteiger partial charge in [0, 0.05) is 52.8 Å². The van der Waals surface area contributed by atoms with E-state index in [1.54, 1.807) is 0 Å². The SMILES string of the molecule is Cc1n[nH]cc1C(C)N1CCC(c2c(C#CC(C)(C)C)csc2C(=O)O)=C(C2CCC(C)CC2)C1. The van der Waals surface area contributed by atoms with Crippen LogP contribution in [0.25, 0.3) is 5.57 Å². The number of nitrogens with one attached hydrogen (secondary N) is 1. The van der Waals surface area contributed by atoms with Crippen molar-refractivity contribution < 1.29 is 9.90 Å². The van der Waals surface area contributed by atoms with Crippen molar-refractivity contribution in [3.63, 3.8) is 0 Å². The van der Waals surface area contributed by atoms with Crippen LogP contribution < -0.4 is 0 Å². The lowest BCUT2D eigenvalue weighted by atomic mass is 9.75. The van der Waals surface area contributed by atoms with E-state index < -0.39 is 5.97 Å². The second-order valence-corrected chi connectivity index (χ2v) is 12.3. The maximum Gasteiger partial charge on any atom is 0.346 e. The summed E-state index contributed by atoms with van der Waals surface area (Å²) in [5.74, 6) is 7.13. The molecule has 1 fully saturated rings. The van der Waals surface area contributed by atoms with Gasteiger partial charge in [-0.2, -0.15) is 5.10 Å². The van der Waals surface area contributed by atoms with Crippen LogP contribution in [0.2, 0.25) is 0 Å². The Morgan fingerprint density at radius 2 is 2.00 bits per heavy atom. The van der Waals surface area contributed by atoms with Gasteiger partial charge in [0.25, 0.3) is 0 Å². The molecule has 3 heterocycles. The van der Waals surface area contributed by atoms with Crippen LogP contribution in [-0.4, -0.2) is 39.3 Å². The van der Waals surface area contributed by atoms with Crippen molar-refractivity contribution in [3.8, 4) is 11.8 Å². The summed E-state index contributed by atoms with van der Waals surface area (Å²) in [4.78, 5) is 15.3. The van der Waals surface area contributed by atoms with Crippen LogP contribution in [0.4, 0.5) is 0 Å². The lowest BCUT2D eigenvalue weighted by molar-refractivity contribution is 0.0701. The van der Waals surface area contributed by atoms with Crippen molar-refractivity contribution in [2.24, 2.45) is 17.3 Å². The molecule has 0 saturated heterocycles. The predicted octanol–water partition coefficient (Wildman–Crippen LogP) is 6.92. The van der Waals surface area contributed by atoms with Crippen molar-refractivity contribution in [1.29, 1.82) is 0 Å². The van der Waals surface area contributed by atoms with Gasteiger partial charge in [-0.3, -0.25) is 10.00 Å². The van der Waals surface area contributed by atoms with E-state index in [4.69, 9.17) is 0 Å². The molecule has 0 radical (unpaired) electrons. The summed E-state index contributed by atoms with van der Waals surface area (Å²) in [5, 5.41) is 19.4. The number of aromatic carboxylic acids is 1. The molecule has 5 nitrogen and oxygen atoms in total. The molecule has 188 valence electrons. The highest BCUT2D eigenvalue weighted by Crippen LogP contribution is 2.44. The smallest absolute Gasteiger partial charge is 0.346 e. The summed E-state index contributed by atoms with van der Waals surface area (Å²) in [6.45, 7) is 14.7. The monoisotopic (exact) mass is 493 g/mol. The van der Waals surface area contributed by atoms with Gasteiger partial charge in [0.15, 0.2) is 0 Å². The Kier molecular flexibility index (Phi) is 7.59. The Bertz CT molecular complexity index is 1160. The molecule has 1 aliphatic heterocycles. The van der Waals surface area contributed by atoms with Crippen molar-refractivity contribution in [1.82, 2.24) is 15.1 Å². The van der Waals surface area contributed by atoms with E-state index in [0.717, 1.165) is 42.2 Å². The fourth-order valence-corrected chi connectivity index (χ4v) is 6.42. The standard InChI is InChI=1S/C29H39N3O2S/c1-18-7-9-21(10-8-18)25-16-32(20(3)24-15-30-31-19(24)2)14-12-23(25)26-22(11-13-29(4,5)6)17-35-27(26)28(33)34/h15,17-18,20-21H,7-10,12,14,16H2,1-6H3,(H,30,31)(H,33,34). The normalized spacial score (nSPS) is 22.6. The van der Waals surface area contributed by atoms with Crippen LogP contribution in [0, 0.1) is 36.0 Å². The number of rotatable bonds is 5. The maximum absolute atomic E-state index is 12.3. The molecule has 1 aliphatic carbocycles. The van der Waals surface area contributed by atoms with E-state index in [2.05, 4.69) is 68.5 Å². The predicted molar refractivity (Wildman–Crippen MR) is 144 cm³/mol. The number of nitrogens with zero attached hydrogens (tertiary/aromatic N) is 2. The number of aromatic nitrogens is 2. The zero-order chi connectivity index (χ0) is 25.3. The lowest BCUT2D eigenvalue weighted by Crippen LogP contribution is -2.36. The minimum atomic E-state index is -0.845. The van der Waals surface area contributed by atoms with E-state index in [-0.39, 0.29) is 11.5 Å². The van der Waals surface area contributed by atoms with E-state index in [1.807, 2.05) is 11.6 Å². The Labute approximate surface area is 214 Å². The molecular weight excluding hydrogens is 454 g/mol. The van der Waals surface area contributed by atoms with Gasteiger partial charge in [-0.05, 0) is 76.9 Å². The van der Waals surface area contributed by atoms with Gasteiger partial charge in [-0.25, -0.2) is 4.79 Å². The number of carboxylic acids is 1. The van der Waals surface area contributed by atoms with Crippen molar-refractivity contribution in [2.45, 2.75) is 79.7 Å². The molecule has 2 aliphatic rings. The van der Waals surface area contributed by atoms with Gasteiger partial charge < -0.3 is 5.11 Å². The van der Waals surface area contributed by atoms with Gasteiger partial charge in [0.05, 0.1) is 5.69 Å². The molecule has 1 unspecified atom stereocenters. The number of carboxylic acid groups (broad SMARTS) is 1. The highest BCUT2D eigenvalue weighted by Gasteiger charge is 2.33. The number of H-pyrrole nitrogens is 1. The summed E-state index contributed by atoms with van der Waals surface area (Å²) in [5.41, 5.74) is 6.60. The van der Waals surface area contributed by atoms with Gasteiger partial charge >= 0.3 is 5.97 Å². The van der Waals surface area contributed by atoms with E-state index >= 15 is 0 Å². The van der Waals surface area contributed by atoms with Crippen LogP contribution >= 0.6 is 11.3 Å². The molecule has 0 amide bonds. The third-order valence-electron chi connectivity index (χ3n) is 7.65. The maximum atomic E-state index is 12.3. The molecule has 35 heavy (non-hydrogen) atoms. The van der Waals surface area contributed by atoms with Gasteiger partial charge in [-0.1, -0.05) is 31.6 Å². The highest BCUT2D eigenvalue weighted by atomic mass is 32.1. The average Bonchev–Trinajstić information content (AvgIpc) is 3.43. The first kappa shape index (κ1) is 25.7. The summed E-state index contributed by atoms with van der Waals surface area (Å²) in [7, 11) is 0. The highest BCUT2D eigenvalue weighted by molar-refractivity contribution is 7.12. The molecule has 2 aromatic rings. The molecule has 0 spiro atoms. The number of hydrogen-bond acceptors (Lipinski definition) is 4. The largest absolute Gasteiger partial charge is 0.477 e. The quantitative estimate of drug-likeness (QED) is 0.444. The Morgan fingerprint density at radius 3 is 2.60 bits per heavy atom. The van der Waals surface area contributed by atoms with E-state index in [1.165, 1.54) is 53.7 Å². The fourth-order valence-electron chi connectivity index (χ4n) is 5.56. The molecule has 2 N–H and O–H groups in total. The minimum Gasteiger partial charge on any atom is -0.477 e. The number of hydrogen-bond donors (Lipinski definition) is 2. The fraction of sp³-hybridized carbons (Fsp3) is 0.586. The van der Waals surface area contributed by atoms with Crippen LogP contribution in [0.5, 0.6) is 0 Å². The number of carbonyl (C=O) groups is 1. The van der Waals surface area contributed by atoms with Crippen LogP contribution in [0.15, 0.2) is 17.2 Å². The Balaban J connectivity index is 1.80. The van der Waals surface area contributed by atoms with E-state index in [9.17, 15) is 9.90 Å². The second-order valence-electron chi connectivity index (χ2n) is 11.4. The topological polar surface area (TPSA) is 69.2 Å². The van der Waals surface area contributed by atoms with Gasteiger partial charge in [0.2, 0.25) is 0 Å². The summed E-state index contributed by atoms with van der Waals surface area (Å²) in [6.07, 6.45) is 7.71. The molecule has 1 atom stereocenters. The van der Waals surface area contributed by atoms with Gasteiger partial charge in [0.1, 0.15) is 4.88 Å². The third kappa shape index (κ3) is 5.73. The number of thiophene rings is 1. The molecule has 0 aromatic carbocycles. The third-order valence-corrected chi connectivity index (χ3v) is 8.61. The molecule has 2 aromatic heterocycles. The zero-order valence-corrected chi connectivity index (χ0v) is 22.8. The number of aromatic amines is 1. The van der Waals surface area contributed by atoms with Crippen LogP contribution in [-0.2, 0) is 0 Å². The lowest BCUT2D eigenvalue weighted by Gasteiger charge is -2.39. The van der Waals surface area contributed by atoms with Crippen molar-refractivity contribution in [3.05, 3.63) is 44.4 Å². The minimum absolute atomic E-state index is 0.138. The van der Waals surface area contributed by atoms with Crippen LogP contribution in [0.1, 0.15) is 105 Å². The first-order chi connectivity index (χ1) is 16.5. The molecule has 0 bridgehead atoms. The van der Waals surface area contributed by atoms with E-state index in [0.29, 0.717) is 10.8 Å². The second kappa shape index (κ2) is 10.3. The Morgan fingerprint density at radius 1 is 1.29 bits per heavy atom. The van der Waals surface area contributed by atoms with Gasteiger partial charge in [-0.15, -0.1) is 11.3 Å². The Hall–Kier alpha value is -2.36. The summed E-state index contributed by atoms with van der Waals surface area (Å²) in [6, 6.07) is 0.259. The zero-order valence-electron chi connectivity index (χ0n) is 22.0. The first-order valence-corrected chi connectivity index (χ1v) is 13.8. The number of aryl methyl sites for hydroxylation is 1.